The molecule has 0 saturated carbocycles. The van der Waals surface area contributed by atoms with E-state index >= 15 is 0 Å². The van der Waals surface area contributed by atoms with Gasteiger partial charge in [-0.05, 0) is 36.6 Å². The Morgan fingerprint density at radius 1 is 1.17 bits per heavy atom. The van der Waals surface area contributed by atoms with Crippen molar-refractivity contribution in [2.45, 2.75) is 9.87 Å². The first-order valence-electron chi connectivity index (χ1n) is 9.05. The van der Waals surface area contributed by atoms with Crippen LogP contribution in [0, 0.1) is 0 Å². The lowest BCUT2D eigenvalue weighted by molar-refractivity contribution is 0.0378. The molecule has 1 fully saturated rings. The lowest BCUT2D eigenvalue weighted by atomic mass is 9.91. The van der Waals surface area contributed by atoms with Gasteiger partial charge in [0, 0.05) is 41.6 Å². The molecule has 0 radical (unpaired) electrons. The number of pyridine rings is 1. The van der Waals surface area contributed by atoms with Crippen molar-refractivity contribution in [2.75, 3.05) is 19.3 Å². The topological polar surface area (TPSA) is 53.5 Å². The molecule has 0 spiro atoms. The van der Waals surface area contributed by atoms with Crippen molar-refractivity contribution in [3.05, 3.63) is 81.4 Å². The van der Waals surface area contributed by atoms with Gasteiger partial charge in [0.25, 0.3) is 11.8 Å². The highest BCUT2D eigenvalue weighted by molar-refractivity contribution is 8.00. The van der Waals surface area contributed by atoms with E-state index in [9.17, 15) is 9.59 Å². The van der Waals surface area contributed by atoms with Crippen molar-refractivity contribution < 1.29 is 9.59 Å². The van der Waals surface area contributed by atoms with Gasteiger partial charge in [-0.2, -0.15) is 0 Å². The van der Waals surface area contributed by atoms with Crippen LogP contribution in [0.4, 0.5) is 0 Å². The van der Waals surface area contributed by atoms with Crippen LogP contribution in [0.1, 0.15) is 31.2 Å². The average Bonchev–Trinajstić information content (AvgIpc) is 3.43. The Hall–Kier alpha value is -2.35. The van der Waals surface area contributed by atoms with Crippen molar-refractivity contribution in [3.8, 4) is 0 Å². The van der Waals surface area contributed by atoms with Gasteiger partial charge in [0.05, 0.1) is 14.6 Å². The first kappa shape index (κ1) is 18.7. The summed E-state index contributed by atoms with van der Waals surface area (Å²) in [5.41, 5.74) is 1.14. The molecule has 1 unspecified atom stereocenters. The number of hydrogen-bond acceptors (Lipinski definition) is 5. The fourth-order valence-electron chi connectivity index (χ4n) is 4.29. The number of fused-ring (bicyclic) bond motifs is 3. The van der Waals surface area contributed by atoms with Gasteiger partial charge in [-0.15, -0.1) is 23.1 Å². The van der Waals surface area contributed by atoms with Gasteiger partial charge in [0.1, 0.15) is 0 Å². The Bertz CT molecular complexity index is 1130. The Labute approximate surface area is 181 Å². The predicted octanol–water partition coefficient (Wildman–Crippen LogP) is 4.33. The molecule has 0 bridgehead atoms. The standard InChI is InChI=1S/C21H16ClN3O2S2/c1-28-18-7-6-17(29-18)20(27)25-11-10-24-19(26)15-8-9-23-12-16(15)21(24,25)13-2-4-14(22)5-3-13/h2-9,12H,10-11H2,1H3. The van der Waals surface area contributed by atoms with Crippen LogP contribution in [0.15, 0.2) is 59.1 Å². The summed E-state index contributed by atoms with van der Waals surface area (Å²) in [5.74, 6) is -0.166. The molecule has 5 nitrogen and oxygen atoms in total. The molecule has 8 heteroatoms. The summed E-state index contributed by atoms with van der Waals surface area (Å²) < 4.78 is 1.08. The van der Waals surface area contributed by atoms with Gasteiger partial charge < -0.3 is 9.80 Å². The van der Waals surface area contributed by atoms with Gasteiger partial charge >= 0.3 is 0 Å². The van der Waals surface area contributed by atoms with Crippen LogP contribution in [0.25, 0.3) is 0 Å². The molecular formula is C21H16ClN3O2S2. The number of carbonyl (C=O) groups excluding carboxylic acids is 2. The van der Waals surface area contributed by atoms with Crippen molar-refractivity contribution in [2.24, 2.45) is 0 Å². The van der Waals surface area contributed by atoms with Crippen LogP contribution >= 0.6 is 34.7 Å². The molecule has 1 atom stereocenters. The zero-order valence-corrected chi connectivity index (χ0v) is 17.9. The number of carbonyl (C=O) groups is 2. The van der Waals surface area contributed by atoms with Crippen LogP contribution in [0.3, 0.4) is 0 Å². The third-order valence-electron chi connectivity index (χ3n) is 5.49. The fraction of sp³-hybridized carbons (Fsp3) is 0.190. The number of aromatic nitrogens is 1. The zero-order chi connectivity index (χ0) is 20.2. The van der Waals surface area contributed by atoms with E-state index in [1.165, 1.54) is 11.3 Å². The minimum atomic E-state index is -1.01. The Balaban J connectivity index is 1.73. The van der Waals surface area contributed by atoms with Crippen LogP contribution in [0.5, 0.6) is 0 Å². The van der Waals surface area contributed by atoms with E-state index in [4.69, 9.17) is 11.6 Å². The van der Waals surface area contributed by atoms with Crippen molar-refractivity contribution in [1.82, 2.24) is 14.8 Å². The Morgan fingerprint density at radius 2 is 1.97 bits per heavy atom. The number of halogens is 1. The number of thiophene rings is 1. The van der Waals surface area contributed by atoms with E-state index in [0.717, 1.165) is 15.3 Å². The third-order valence-corrected chi connectivity index (χ3v) is 7.89. The van der Waals surface area contributed by atoms with E-state index in [-0.39, 0.29) is 11.8 Å². The highest BCUT2D eigenvalue weighted by Gasteiger charge is 2.60. The number of nitrogens with zero attached hydrogens (tertiary/aromatic N) is 3. The highest BCUT2D eigenvalue weighted by atomic mass is 35.5. The molecule has 1 saturated heterocycles. The first-order chi connectivity index (χ1) is 14.1. The highest BCUT2D eigenvalue weighted by Crippen LogP contribution is 2.50. The maximum absolute atomic E-state index is 13.6. The van der Waals surface area contributed by atoms with E-state index in [2.05, 4.69) is 4.98 Å². The smallest absolute Gasteiger partial charge is 0.266 e. The van der Waals surface area contributed by atoms with Crippen LogP contribution in [-0.4, -0.2) is 45.9 Å². The summed E-state index contributed by atoms with van der Waals surface area (Å²) in [6.07, 6.45) is 5.31. The maximum Gasteiger partial charge on any atom is 0.266 e. The van der Waals surface area contributed by atoms with E-state index in [1.54, 1.807) is 52.2 Å². The molecule has 2 aromatic heterocycles. The minimum absolute atomic E-state index is 0.0800. The molecule has 5 rings (SSSR count). The Kier molecular flexibility index (Phi) is 4.42. The molecule has 4 heterocycles. The molecule has 2 aliphatic rings. The van der Waals surface area contributed by atoms with Crippen LogP contribution in [-0.2, 0) is 5.66 Å². The molecule has 146 valence electrons. The summed E-state index contributed by atoms with van der Waals surface area (Å²) in [7, 11) is 0. The second-order valence-corrected chi connectivity index (χ2v) is 9.46. The number of amides is 2. The normalized spacial score (nSPS) is 20.1. The number of thioether (sulfide) groups is 1. The average molecular weight is 442 g/mol. The fourth-order valence-corrected chi connectivity index (χ4v) is 5.91. The predicted molar refractivity (Wildman–Crippen MR) is 115 cm³/mol. The van der Waals surface area contributed by atoms with Gasteiger partial charge in [0.2, 0.25) is 0 Å². The lowest BCUT2D eigenvalue weighted by Crippen LogP contribution is -2.51. The summed E-state index contributed by atoms with van der Waals surface area (Å²) in [4.78, 5) is 35.4. The summed E-state index contributed by atoms with van der Waals surface area (Å²) in [5, 5.41) is 0.603. The van der Waals surface area contributed by atoms with E-state index in [1.807, 2.05) is 30.5 Å². The Morgan fingerprint density at radius 3 is 2.69 bits per heavy atom. The largest absolute Gasteiger partial charge is 0.306 e. The van der Waals surface area contributed by atoms with Gasteiger partial charge in [-0.25, -0.2) is 0 Å². The molecular weight excluding hydrogens is 426 g/mol. The molecule has 0 N–H and O–H groups in total. The van der Waals surface area contributed by atoms with E-state index in [0.29, 0.717) is 28.6 Å². The summed E-state index contributed by atoms with van der Waals surface area (Å²) >= 11 is 9.21. The van der Waals surface area contributed by atoms with Crippen LogP contribution < -0.4 is 0 Å². The molecule has 29 heavy (non-hydrogen) atoms. The lowest BCUT2D eigenvalue weighted by Gasteiger charge is -2.40. The SMILES string of the molecule is CSc1ccc(C(=O)N2CCN3C(=O)c4ccncc4C23c2ccc(Cl)cc2)s1. The summed E-state index contributed by atoms with van der Waals surface area (Å²) in [6.45, 7) is 0.913. The molecule has 2 amide bonds. The van der Waals surface area contributed by atoms with Gasteiger partial charge in [-0.3, -0.25) is 14.6 Å². The van der Waals surface area contributed by atoms with Gasteiger partial charge in [0.15, 0.2) is 5.66 Å². The number of hydrogen-bond donors (Lipinski definition) is 0. The maximum atomic E-state index is 13.6. The quantitative estimate of drug-likeness (QED) is 0.567. The second kappa shape index (κ2) is 6.86. The van der Waals surface area contributed by atoms with E-state index < -0.39 is 5.66 Å². The molecule has 1 aromatic carbocycles. The first-order valence-corrected chi connectivity index (χ1v) is 11.5. The van der Waals surface area contributed by atoms with Crippen molar-refractivity contribution in [3.63, 3.8) is 0 Å². The third kappa shape index (κ3) is 2.57. The molecule has 0 aliphatic carbocycles. The van der Waals surface area contributed by atoms with Crippen molar-refractivity contribution in [1.29, 1.82) is 0 Å². The zero-order valence-electron chi connectivity index (χ0n) is 15.5. The monoisotopic (exact) mass is 441 g/mol. The van der Waals surface area contributed by atoms with Crippen molar-refractivity contribution >= 4 is 46.5 Å². The minimum Gasteiger partial charge on any atom is -0.306 e. The second-order valence-electron chi connectivity index (χ2n) is 6.84. The van der Waals surface area contributed by atoms with Crippen LogP contribution in [0.2, 0.25) is 5.02 Å². The number of rotatable bonds is 3. The molecule has 2 aliphatic heterocycles. The van der Waals surface area contributed by atoms with Gasteiger partial charge in [-0.1, -0.05) is 23.7 Å². The number of benzene rings is 1. The molecule has 3 aromatic rings. The summed E-state index contributed by atoms with van der Waals surface area (Å²) in [6, 6.07) is 12.9.